The number of H-pyrrole nitrogens is 1. The van der Waals surface area contributed by atoms with Gasteiger partial charge in [-0.05, 0) is 0 Å². The van der Waals surface area contributed by atoms with Crippen molar-refractivity contribution in [3.63, 3.8) is 0 Å². The Morgan fingerprint density at radius 1 is 1.43 bits per heavy atom. The van der Waals surface area contributed by atoms with Crippen molar-refractivity contribution >= 4 is 5.82 Å². The number of ether oxygens (including phenoxy) is 1. The third kappa shape index (κ3) is 1.37. The Hall–Kier alpha value is -2.11. The highest BCUT2D eigenvalue weighted by molar-refractivity contribution is 5.65. The van der Waals surface area contributed by atoms with Gasteiger partial charge in [-0.15, -0.1) is 10.2 Å². The fourth-order valence-electron chi connectivity index (χ4n) is 1.12. The second-order valence-electron chi connectivity index (χ2n) is 2.67. The second-order valence-corrected chi connectivity index (χ2v) is 2.67. The summed E-state index contributed by atoms with van der Waals surface area (Å²) in [6, 6.07) is 1.62. The third-order valence-electron chi connectivity index (χ3n) is 1.77. The second kappa shape index (κ2) is 3.33. The average Bonchev–Trinajstić information content (AvgIpc) is 2.70. The Morgan fingerprint density at radius 2 is 2.29 bits per heavy atom. The Kier molecular flexibility index (Phi) is 2.02. The first-order chi connectivity index (χ1) is 6.81. The van der Waals surface area contributed by atoms with Gasteiger partial charge in [-0.3, -0.25) is 5.10 Å². The van der Waals surface area contributed by atoms with E-state index < -0.39 is 0 Å². The van der Waals surface area contributed by atoms with Crippen LogP contribution >= 0.6 is 0 Å². The summed E-state index contributed by atoms with van der Waals surface area (Å²) in [5, 5.41) is 14.2. The summed E-state index contributed by atoms with van der Waals surface area (Å²) in [4.78, 5) is 0. The number of nitrogens with one attached hydrogen (secondary N) is 1. The SMILES string of the molecule is COc1cc(N)nnc1-c1cn[nH]c1. The smallest absolute Gasteiger partial charge is 0.150 e. The predicted molar refractivity (Wildman–Crippen MR) is 50.6 cm³/mol. The molecule has 0 bridgehead atoms. The molecule has 0 aliphatic rings. The summed E-state index contributed by atoms with van der Waals surface area (Å²) in [6.45, 7) is 0. The van der Waals surface area contributed by atoms with Crippen LogP contribution in [0.3, 0.4) is 0 Å². The van der Waals surface area contributed by atoms with Gasteiger partial charge in [0.1, 0.15) is 11.5 Å². The van der Waals surface area contributed by atoms with Gasteiger partial charge in [0.25, 0.3) is 0 Å². The van der Waals surface area contributed by atoms with Crippen molar-refractivity contribution in [3.05, 3.63) is 18.5 Å². The lowest BCUT2D eigenvalue weighted by Crippen LogP contribution is -1.97. The van der Waals surface area contributed by atoms with E-state index in [-0.39, 0.29) is 0 Å². The molecule has 0 atom stereocenters. The molecule has 0 amide bonds. The minimum Gasteiger partial charge on any atom is -0.494 e. The summed E-state index contributed by atoms with van der Waals surface area (Å²) in [6.07, 6.45) is 3.35. The molecule has 6 nitrogen and oxygen atoms in total. The lowest BCUT2D eigenvalue weighted by Gasteiger charge is -2.04. The number of anilines is 1. The zero-order chi connectivity index (χ0) is 9.97. The molecule has 0 unspecified atom stereocenters. The van der Waals surface area contributed by atoms with E-state index in [9.17, 15) is 0 Å². The molecule has 2 aromatic rings. The number of nitrogens with zero attached hydrogens (tertiary/aromatic N) is 3. The van der Waals surface area contributed by atoms with E-state index in [1.807, 2.05) is 0 Å². The van der Waals surface area contributed by atoms with E-state index in [0.717, 1.165) is 5.56 Å². The largest absolute Gasteiger partial charge is 0.494 e. The topological polar surface area (TPSA) is 89.7 Å². The van der Waals surface area contributed by atoms with Crippen LogP contribution in [0.25, 0.3) is 11.3 Å². The number of rotatable bonds is 2. The van der Waals surface area contributed by atoms with Crippen LogP contribution in [-0.4, -0.2) is 27.5 Å². The summed E-state index contributed by atoms with van der Waals surface area (Å²) in [5.41, 5.74) is 6.91. The molecule has 0 saturated heterocycles. The third-order valence-corrected chi connectivity index (χ3v) is 1.77. The lowest BCUT2D eigenvalue weighted by molar-refractivity contribution is 0.414. The van der Waals surface area contributed by atoms with Crippen molar-refractivity contribution in [2.24, 2.45) is 0 Å². The van der Waals surface area contributed by atoms with Gasteiger partial charge in [0.2, 0.25) is 0 Å². The van der Waals surface area contributed by atoms with Gasteiger partial charge in [-0.25, -0.2) is 0 Å². The van der Waals surface area contributed by atoms with Gasteiger partial charge in [0, 0.05) is 17.8 Å². The molecule has 0 spiro atoms. The molecule has 3 N–H and O–H groups in total. The fourth-order valence-corrected chi connectivity index (χ4v) is 1.12. The van der Waals surface area contributed by atoms with Crippen molar-refractivity contribution in [3.8, 4) is 17.0 Å². The first kappa shape index (κ1) is 8.49. The van der Waals surface area contributed by atoms with Crippen molar-refractivity contribution in [1.82, 2.24) is 20.4 Å². The monoisotopic (exact) mass is 191 g/mol. The molecule has 14 heavy (non-hydrogen) atoms. The quantitative estimate of drug-likeness (QED) is 0.719. The van der Waals surface area contributed by atoms with Crippen LogP contribution in [0, 0.1) is 0 Å². The standard InChI is InChI=1S/C8H9N5O/c1-14-6-2-7(9)12-13-8(6)5-3-10-11-4-5/h2-4H,1H3,(H2,9,12)(H,10,11). The molecule has 2 heterocycles. The van der Waals surface area contributed by atoms with Gasteiger partial charge in [0.05, 0.1) is 13.3 Å². The van der Waals surface area contributed by atoms with Gasteiger partial charge < -0.3 is 10.5 Å². The van der Waals surface area contributed by atoms with Crippen LogP contribution in [0.15, 0.2) is 18.5 Å². The normalized spacial score (nSPS) is 10.1. The minimum atomic E-state index is 0.328. The van der Waals surface area contributed by atoms with E-state index in [2.05, 4.69) is 20.4 Å². The summed E-state index contributed by atoms with van der Waals surface area (Å²) >= 11 is 0. The Bertz CT molecular complexity index is 425. The predicted octanol–water partition coefficient (Wildman–Crippen LogP) is 0.457. The maximum atomic E-state index is 5.48. The molecule has 6 heteroatoms. The van der Waals surface area contributed by atoms with Crippen molar-refractivity contribution in [2.75, 3.05) is 12.8 Å². The van der Waals surface area contributed by atoms with Crippen molar-refractivity contribution in [2.45, 2.75) is 0 Å². The number of methoxy groups -OCH3 is 1. The first-order valence-corrected chi connectivity index (χ1v) is 3.97. The molecule has 0 radical (unpaired) electrons. The molecule has 2 rings (SSSR count). The molecule has 72 valence electrons. The fraction of sp³-hybridized carbons (Fsp3) is 0.125. The van der Waals surface area contributed by atoms with Crippen molar-refractivity contribution in [1.29, 1.82) is 0 Å². The van der Waals surface area contributed by atoms with Gasteiger partial charge in [-0.1, -0.05) is 0 Å². The van der Waals surface area contributed by atoms with Crippen molar-refractivity contribution < 1.29 is 4.74 Å². The van der Waals surface area contributed by atoms with Crippen LogP contribution < -0.4 is 10.5 Å². The van der Waals surface area contributed by atoms with Crippen LogP contribution in [0.2, 0.25) is 0 Å². The Balaban J connectivity index is 2.53. The highest BCUT2D eigenvalue weighted by Gasteiger charge is 2.09. The summed E-state index contributed by atoms with van der Waals surface area (Å²) < 4.78 is 5.13. The molecule has 0 aliphatic heterocycles. The average molecular weight is 191 g/mol. The number of nitrogen functional groups attached to an aromatic ring is 1. The maximum absolute atomic E-state index is 5.48. The number of hydrogen-bond donors (Lipinski definition) is 2. The first-order valence-electron chi connectivity index (χ1n) is 3.97. The van der Waals surface area contributed by atoms with Crippen LogP contribution in [-0.2, 0) is 0 Å². The minimum absolute atomic E-state index is 0.328. The summed E-state index contributed by atoms with van der Waals surface area (Å²) in [5.74, 6) is 0.910. The molecular formula is C8H9N5O. The molecular weight excluding hydrogens is 182 g/mol. The van der Waals surface area contributed by atoms with E-state index in [1.165, 1.54) is 0 Å². The van der Waals surface area contributed by atoms with Gasteiger partial charge in [0.15, 0.2) is 5.75 Å². The molecule has 2 aromatic heterocycles. The maximum Gasteiger partial charge on any atom is 0.150 e. The van der Waals surface area contributed by atoms with Gasteiger partial charge in [-0.2, -0.15) is 5.10 Å². The molecule has 0 aliphatic carbocycles. The van der Waals surface area contributed by atoms with Crippen LogP contribution in [0.5, 0.6) is 5.75 Å². The van der Waals surface area contributed by atoms with E-state index in [0.29, 0.717) is 17.3 Å². The lowest BCUT2D eigenvalue weighted by atomic mass is 10.2. The zero-order valence-corrected chi connectivity index (χ0v) is 7.56. The van der Waals surface area contributed by atoms with Crippen LogP contribution in [0.1, 0.15) is 0 Å². The Labute approximate surface area is 80.1 Å². The Morgan fingerprint density at radius 3 is 2.93 bits per heavy atom. The summed E-state index contributed by atoms with van der Waals surface area (Å²) in [7, 11) is 1.56. The number of nitrogens with two attached hydrogens (primary N) is 1. The van der Waals surface area contributed by atoms with E-state index in [1.54, 1.807) is 25.6 Å². The van der Waals surface area contributed by atoms with Crippen LogP contribution in [0.4, 0.5) is 5.82 Å². The molecule has 0 saturated carbocycles. The zero-order valence-electron chi connectivity index (χ0n) is 7.56. The highest BCUT2D eigenvalue weighted by Crippen LogP contribution is 2.26. The van der Waals surface area contributed by atoms with E-state index >= 15 is 0 Å². The van der Waals surface area contributed by atoms with Gasteiger partial charge >= 0.3 is 0 Å². The highest BCUT2D eigenvalue weighted by atomic mass is 16.5. The number of aromatic amines is 1. The number of aromatic nitrogens is 4. The number of hydrogen-bond acceptors (Lipinski definition) is 5. The molecule has 0 aromatic carbocycles. The van der Waals surface area contributed by atoms with E-state index in [4.69, 9.17) is 10.5 Å². The molecule has 0 fully saturated rings.